The highest BCUT2D eigenvalue weighted by atomic mass is 32.2. The van der Waals surface area contributed by atoms with Crippen molar-refractivity contribution in [1.29, 1.82) is 0 Å². The second-order valence-corrected chi connectivity index (χ2v) is 6.94. The van der Waals surface area contributed by atoms with Crippen molar-refractivity contribution in [3.8, 4) is 0 Å². The molecule has 0 amide bonds. The van der Waals surface area contributed by atoms with Gasteiger partial charge in [-0.15, -0.1) is 0 Å². The van der Waals surface area contributed by atoms with Crippen LogP contribution in [0.2, 0.25) is 0 Å². The molecule has 0 saturated carbocycles. The molecule has 0 aliphatic heterocycles. The normalized spacial score (nSPS) is 12.1. The minimum atomic E-state index is -2.62. The van der Waals surface area contributed by atoms with Crippen LogP contribution in [0.25, 0.3) is 0 Å². The zero-order chi connectivity index (χ0) is 15.4. The predicted octanol–water partition coefficient (Wildman–Crippen LogP) is 3.80. The SMILES string of the molecule is CO[PH](=O)c1cc(Sc2ccccc2)c(C)cc1[N+](=O)[O-]. The van der Waals surface area contributed by atoms with E-state index in [2.05, 4.69) is 0 Å². The predicted molar refractivity (Wildman–Crippen MR) is 84.0 cm³/mol. The van der Waals surface area contributed by atoms with Gasteiger partial charge in [-0.1, -0.05) is 30.0 Å². The lowest BCUT2D eigenvalue weighted by atomic mass is 10.2. The first-order chi connectivity index (χ1) is 10.0. The largest absolute Gasteiger partial charge is 0.330 e. The third kappa shape index (κ3) is 3.73. The van der Waals surface area contributed by atoms with Crippen molar-refractivity contribution in [1.82, 2.24) is 0 Å². The summed E-state index contributed by atoms with van der Waals surface area (Å²) >= 11 is 1.48. The molecule has 7 heteroatoms. The molecule has 1 unspecified atom stereocenters. The third-order valence-corrected chi connectivity index (χ3v) is 5.24. The van der Waals surface area contributed by atoms with E-state index in [9.17, 15) is 14.7 Å². The molecule has 0 radical (unpaired) electrons. The highest BCUT2D eigenvalue weighted by Gasteiger charge is 2.21. The fourth-order valence-electron chi connectivity index (χ4n) is 1.82. The van der Waals surface area contributed by atoms with Crippen molar-refractivity contribution in [2.24, 2.45) is 0 Å². The molecule has 5 nitrogen and oxygen atoms in total. The first-order valence-corrected chi connectivity index (χ1v) is 8.26. The highest BCUT2D eigenvalue weighted by molar-refractivity contribution is 7.99. The standard InChI is InChI=1S/C14H14NO4PS/c1-10-8-12(15(16)17)13(20(18)19-2)9-14(10)21-11-6-4-3-5-7-11/h3-9,20H,1-2H3. The van der Waals surface area contributed by atoms with Crippen LogP contribution < -0.4 is 5.30 Å². The molecule has 2 aromatic rings. The van der Waals surface area contributed by atoms with Crippen LogP contribution >= 0.6 is 19.8 Å². The average Bonchev–Trinajstić information content (AvgIpc) is 2.49. The van der Waals surface area contributed by atoms with Crippen LogP contribution in [0.3, 0.4) is 0 Å². The summed E-state index contributed by atoms with van der Waals surface area (Å²) in [6.07, 6.45) is 0. The van der Waals surface area contributed by atoms with Crippen molar-refractivity contribution in [3.63, 3.8) is 0 Å². The fourth-order valence-corrected chi connectivity index (χ4v) is 3.73. The quantitative estimate of drug-likeness (QED) is 0.475. The first kappa shape index (κ1) is 15.8. The molecule has 0 heterocycles. The Bertz CT molecular complexity index is 691. The summed E-state index contributed by atoms with van der Waals surface area (Å²) in [7, 11) is -1.33. The van der Waals surface area contributed by atoms with Gasteiger partial charge in [-0.05, 0) is 30.7 Å². The van der Waals surface area contributed by atoms with Gasteiger partial charge in [0.2, 0.25) is 8.03 Å². The number of rotatable bonds is 5. The summed E-state index contributed by atoms with van der Waals surface area (Å²) in [5.74, 6) is 0. The third-order valence-electron chi connectivity index (χ3n) is 2.87. The number of benzene rings is 2. The molecule has 0 bridgehead atoms. The van der Waals surface area contributed by atoms with Crippen LogP contribution in [-0.4, -0.2) is 12.0 Å². The highest BCUT2D eigenvalue weighted by Crippen LogP contribution is 2.35. The van der Waals surface area contributed by atoms with Gasteiger partial charge in [0.25, 0.3) is 5.69 Å². The number of hydrogen-bond donors (Lipinski definition) is 0. The van der Waals surface area contributed by atoms with Gasteiger partial charge >= 0.3 is 0 Å². The summed E-state index contributed by atoms with van der Waals surface area (Å²) in [6.45, 7) is 1.80. The zero-order valence-electron chi connectivity index (χ0n) is 11.5. The lowest BCUT2D eigenvalue weighted by molar-refractivity contribution is -0.383. The van der Waals surface area contributed by atoms with E-state index in [0.717, 1.165) is 15.4 Å². The maximum absolute atomic E-state index is 11.9. The molecule has 21 heavy (non-hydrogen) atoms. The monoisotopic (exact) mass is 323 g/mol. The molecule has 0 aromatic heterocycles. The van der Waals surface area contributed by atoms with Crippen LogP contribution in [0, 0.1) is 17.0 Å². The van der Waals surface area contributed by atoms with Crippen LogP contribution in [0.5, 0.6) is 0 Å². The summed E-state index contributed by atoms with van der Waals surface area (Å²) in [4.78, 5) is 12.4. The number of nitro benzene ring substituents is 1. The number of hydrogen-bond acceptors (Lipinski definition) is 5. The molecule has 0 spiro atoms. The molecular weight excluding hydrogens is 309 g/mol. The van der Waals surface area contributed by atoms with Crippen LogP contribution in [0.1, 0.15) is 5.56 Å². The van der Waals surface area contributed by atoms with Crippen LogP contribution in [-0.2, 0) is 9.09 Å². The summed E-state index contributed by atoms with van der Waals surface area (Å²) < 4.78 is 16.7. The van der Waals surface area contributed by atoms with E-state index in [4.69, 9.17) is 4.52 Å². The van der Waals surface area contributed by atoms with Gasteiger partial charge in [0.1, 0.15) is 5.30 Å². The Morgan fingerprint density at radius 3 is 2.48 bits per heavy atom. The van der Waals surface area contributed by atoms with Gasteiger partial charge in [0, 0.05) is 23.0 Å². The Hall–Kier alpha value is -1.62. The summed E-state index contributed by atoms with van der Waals surface area (Å²) in [5, 5.41) is 11.2. The number of aryl methyl sites for hydroxylation is 1. The van der Waals surface area contributed by atoms with Gasteiger partial charge in [-0.25, -0.2) is 0 Å². The van der Waals surface area contributed by atoms with E-state index >= 15 is 0 Å². The Morgan fingerprint density at radius 1 is 1.24 bits per heavy atom. The van der Waals surface area contributed by atoms with Gasteiger partial charge in [0.05, 0.1) is 4.92 Å². The summed E-state index contributed by atoms with van der Waals surface area (Å²) in [5.41, 5.74) is 0.612. The van der Waals surface area contributed by atoms with E-state index in [-0.39, 0.29) is 11.0 Å². The van der Waals surface area contributed by atoms with Gasteiger partial charge < -0.3 is 4.52 Å². The molecule has 0 saturated heterocycles. The summed E-state index contributed by atoms with van der Waals surface area (Å²) in [6, 6.07) is 12.7. The second kappa shape index (κ2) is 6.89. The molecule has 2 rings (SSSR count). The van der Waals surface area contributed by atoms with Crippen LogP contribution in [0.15, 0.2) is 52.3 Å². The Labute approximate surface area is 127 Å². The Morgan fingerprint density at radius 2 is 1.90 bits per heavy atom. The topological polar surface area (TPSA) is 69.4 Å². The van der Waals surface area contributed by atoms with Gasteiger partial charge in [-0.3, -0.25) is 14.7 Å². The fraction of sp³-hybridized carbons (Fsp3) is 0.143. The maximum Gasteiger partial charge on any atom is 0.282 e. The van der Waals surface area contributed by atoms with E-state index < -0.39 is 13.0 Å². The van der Waals surface area contributed by atoms with E-state index in [1.807, 2.05) is 30.3 Å². The molecule has 2 aromatic carbocycles. The molecule has 0 N–H and O–H groups in total. The van der Waals surface area contributed by atoms with Gasteiger partial charge in [0.15, 0.2) is 0 Å². The minimum absolute atomic E-state index is 0.150. The van der Waals surface area contributed by atoms with Crippen molar-refractivity contribution in [2.45, 2.75) is 16.7 Å². The van der Waals surface area contributed by atoms with E-state index in [1.165, 1.54) is 24.9 Å². The van der Waals surface area contributed by atoms with Gasteiger partial charge in [-0.2, -0.15) is 0 Å². The maximum atomic E-state index is 11.9. The first-order valence-electron chi connectivity index (χ1n) is 6.13. The molecular formula is C14H14NO4PS. The Balaban J connectivity index is 2.48. The zero-order valence-corrected chi connectivity index (χ0v) is 13.3. The van der Waals surface area contributed by atoms with E-state index in [0.29, 0.717) is 0 Å². The molecule has 0 aliphatic rings. The lowest BCUT2D eigenvalue weighted by Gasteiger charge is -2.09. The number of nitrogens with zero attached hydrogens (tertiary/aromatic N) is 1. The molecule has 0 aliphatic carbocycles. The van der Waals surface area contributed by atoms with Crippen LogP contribution in [0.4, 0.5) is 5.69 Å². The molecule has 0 fully saturated rings. The molecule has 1 atom stereocenters. The van der Waals surface area contributed by atoms with Crippen molar-refractivity contribution >= 4 is 30.8 Å². The second-order valence-electron chi connectivity index (χ2n) is 4.30. The minimum Gasteiger partial charge on any atom is -0.330 e. The van der Waals surface area contributed by atoms with Crippen molar-refractivity contribution in [3.05, 3.63) is 58.1 Å². The van der Waals surface area contributed by atoms with E-state index in [1.54, 1.807) is 13.0 Å². The molecule has 110 valence electrons. The van der Waals surface area contributed by atoms with Crippen molar-refractivity contribution < 1.29 is 14.0 Å². The average molecular weight is 323 g/mol. The Kier molecular flexibility index (Phi) is 5.17. The number of nitro groups is 1. The van der Waals surface area contributed by atoms with Crippen molar-refractivity contribution in [2.75, 3.05) is 7.11 Å². The smallest absolute Gasteiger partial charge is 0.282 e. The lowest BCUT2D eigenvalue weighted by Crippen LogP contribution is -2.07.